The predicted octanol–water partition coefficient (Wildman–Crippen LogP) is 2.67. The van der Waals surface area contributed by atoms with Crippen molar-refractivity contribution in [3.05, 3.63) is 40.7 Å². The molecule has 0 fully saturated rings. The van der Waals surface area contributed by atoms with Crippen LogP contribution in [0.2, 0.25) is 0 Å². The Balaban J connectivity index is 0.00000112. The van der Waals surface area contributed by atoms with Gasteiger partial charge in [0.15, 0.2) is 10.8 Å². The number of amidine groups is 1. The molecule has 78 valence electrons. The molecular formula is C10H10BrN3S. The zero-order valence-electron chi connectivity index (χ0n) is 7.81. The maximum absolute atomic E-state index is 7.24. The molecule has 1 aromatic carbocycles. The third kappa shape index (κ3) is 2.64. The molecule has 1 heterocycles. The lowest BCUT2D eigenvalue weighted by molar-refractivity contribution is 1.33. The van der Waals surface area contributed by atoms with Gasteiger partial charge in [0, 0.05) is 10.9 Å². The van der Waals surface area contributed by atoms with E-state index < -0.39 is 0 Å². The Bertz CT molecular complexity index is 453. The normalized spacial score (nSPS) is 9.33. The van der Waals surface area contributed by atoms with Crippen LogP contribution in [-0.4, -0.2) is 10.8 Å². The van der Waals surface area contributed by atoms with Crippen molar-refractivity contribution in [3.8, 4) is 11.3 Å². The fraction of sp³-hybridized carbons (Fsp3) is 0. The third-order valence-electron chi connectivity index (χ3n) is 1.80. The van der Waals surface area contributed by atoms with Crippen LogP contribution >= 0.6 is 28.3 Å². The van der Waals surface area contributed by atoms with Crippen molar-refractivity contribution in [2.24, 2.45) is 5.73 Å². The van der Waals surface area contributed by atoms with E-state index in [0.29, 0.717) is 5.01 Å². The van der Waals surface area contributed by atoms with Crippen LogP contribution in [0.1, 0.15) is 5.01 Å². The number of nitrogens with one attached hydrogen (secondary N) is 1. The average Bonchev–Trinajstić information content (AvgIpc) is 2.68. The summed E-state index contributed by atoms with van der Waals surface area (Å²) in [5.74, 6) is 0.0252. The van der Waals surface area contributed by atoms with Crippen molar-refractivity contribution in [2.75, 3.05) is 0 Å². The van der Waals surface area contributed by atoms with Gasteiger partial charge >= 0.3 is 0 Å². The molecule has 5 heteroatoms. The maximum atomic E-state index is 7.24. The summed E-state index contributed by atoms with van der Waals surface area (Å²) < 4.78 is 0. The second-order valence-electron chi connectivity index (χ2n) is 2.82. The van der Waals surface area contributed by atoms with Crippen LogP contribution in [0, 0.1) is 5.41 Å². The van der Waals surface area contributed by atoms with Crippen LogP contribution < -0.4 is 5.73 Å². The molecular weight excluding hydrogens is 274 g/mol. The van der Waals surface area contributed by atoms with Gasteiger partial charge in [-0.15, -0.1) is 28.3 Å². The minimum atomic E-state index is 0. The standard InChI is InChI=1S/C10H9N3S.BrH/c11-9(12)10-13-8(6-14-10)7-4-2-1-3-5-7;/h1-6H,(H3,11,12);1H. The molecule has 0 aliphatic rings. The molecule has 0 radical (unpaired) electrons. The lowest BCUT2D eigenvalue weighted by Gasteiger charge is -1.93. The van der Waals surface area contributed by atoms with E-state index in [4.69, 9.17) is 11.1 Å². The fourth-order valence-electron chi connectivity index (χ4n) is 1.14. The highest BCUT2D eigenvalue weighted by Crippen LogP contribution is 2.20. The quantitative estimate of drug-likeness (QED) is 0.658. The first kappa shape index (κ1) is 11.9. The van der Waals surface area contributed by atoms with Gasteiger partial charge < -0.3 is 5.73 Å². The summed E-state index contributed by atoms with van der Waals surface area (Å²) in [5, 5.41) is 9.72. The summed E-state index contributed by atoms with van der Waals surface area (Å²) in [6.07, 6.45) is 0. The first-order chi connectivity index (χ1) is 6.77. The van der Waals surface area contributed by atoms with Crippen LogP contribution in [0.25, 0.3) is 11.3 Å². The lowest BCUT2D eigenvalue weighted by atomic mass is 10.2. The minimum Gasteiger partial charge on any atom is -0.382 e. The average molecular weight is 284 g/mol. The maximum Gasteiger partial charge on any atom is 0.158 e. The highest BCUT2D eigenvalue weighted by Gasteiger charge is 2.05. The Morgan fingerprint density at radius 3 is 2.47 bits per heavy atom. The lowest BCUT2D eigenvalue weighted by Crippen LogP contribution is -2.10. The zero-order chi connectivity index (χ0) is 9.97. The summed E-state index contributed by atoms with van der Waals surface area (Å²) in [5.41, 5.74) is 7.26. The van der Waals surface area contributed by atoms with Gasteiger partial charge in [0.25, 0.3) is 0 Å². The first-order valence-electron chi connectivity index (χ1n) is 4.13. The van der Waals surface area contributed by atoms with Gasteiger partial charge in [-0.1, -0.05) is 30.3 Å². The Labute approximate surface area is 102 Å². The van der Waals surface area contributed by atoms with E-state index in [-0.39, 0.29) is 22.8 Å². The molecule has 0 atom stereocenters. The van der Waals surface area contributed by atoms with Gasteiger partial charge in [-0.2, -0.15) is 0 Å². The molecule has 0 amide bonds. The second-order valence-corrected chi connectivity index (χ2v) is 3.68. The van der Waals surface area contributed by atoms with Gasteiger partial charge in [0.05, 0.1) is 5.69 Å². The molecule has 0 unspecified atom stereocenters. The predicted molar refractivity (Wildman–Crippen MR) is 68.9 cm³/mol. The molecule has 0 aliphatic carbocycles. The fourth-order valence-corrected chi connectivity index (χ4v) is 1.83. The summed E-state index contributed by atoms with van der Waals surface area (Å²) in [4.78, 5) is 4.25. The highest BCUT2D eigenvalue weighted by atomic mass is 79.9. The Kier molecular flexibility index (Phi) is 3.99. The molecule has 3 nitrogen and oxygen atoms in total. The monoisotopic (exact) mass is 283 g/mol. The van der Waals surface area contributed by atoms with Crippen LogP contribution in [0.15, 0.2) is 35.7 Å². The summed E-state index contributed by atoms with van der Waals surface area (Å²) >= 11 is 1.39. The number of aromatic nitrogens is 1. The van der Waals surface area contributed by atoms with Gasteiger partial charge in [-0.25, -0.2) is 4.98 Å². The summed E-state index contributed by atoms with van der Waals surface area (Å²) in [6, 6.07) is 9.85. The van der Waals surface area contributed by atoms with Gasteiger partial charge in [-0.3, -0.25) is 5.41 Å². The molecule has 0 spiro atoms. The molecule has 15 heavy (non-hydrogen) atoms. The first-order valence-corrected chi connectivity index (χ1v) is 5.00. The van der Waals surface area contributed by atoms with Crippen LogP contribution in [-0.2, 0) is 0 Å². The van der Waals surface area contributed by atoms with Crippen LogP contribution in [0.3, 0.4) is 0 Å². The Hall–Kier alpha value is -1.20. The van der Waals surface area contributed by atoms with E-state index in [2.05, 4.69) is 4.98 Å². The highest BCUT2D eigenvalue weighted by molar-refractivity contribution is 8.93. The van der Waals surface area contributed by atoms with Gasteiger partial charge in [0.2, 0.25) is 0 Å². The molecule has 0 saturated heterocycles. The largest absolute Gasteiger partial charge is 0.382 e. The topological polar surface area (TPSA) is 62.8 Å². The zero-order valence-corrected chi connectivity index (χ0v) is 10.3. The van der Waals surface area contributed by atoms with Crippen molar-refractivity contribution < 1.29 is 0 Å². The minimum absolute atomic E-state index is 0. The molecule has 0 bridgehead atoms. The number of halogens is 1. The van der Waals surface area contributed by atoms with Crippen molar-refractivity contribution in [1.29, 1.82) is 5.41 Å². The van der Waals surface area contributed by atoms with Crippen molar-refractivity contribution in [1.82, 2.24) is 4.98 Å². The molecule has 3 N–H and O–H groups in total. The van der Waals surface area contributed by atoms with E-state index in [0.717, 1.165) is 11.3 Å². The van der Waals surface area contributed by atoms with Crippen molar-refractivity contribution >= 4 is 34.2 Å². The Morgan fingerprint density at radius 1 is 1.27 bits per heavy atom. The third-order valence-corrected chi connectivity index (χ3v) is 2.68. The van der Waals surface area contributed by atoms with Crippen molar-refractivity contribution in [2.45, 2.75) is 0 Å². The number of hydrogen-bond acceptors (Lipinski definition) is 3. The van der Waals surface area contributed by atoms with E-state index >= 15 is 0 Å². The molecule has 2 aromatic rings. The number of nitrogens with two attached hydrogens (primary N) is 1. The molecule has 1 aromatic heterocycles. The van der Waals surface area contributed by atoms with Gasteiger partial charge in [0.1, 0.15) is 0 Å². The number of hydrogen-bond donors (Lipinski definition) is 2. The van der Waals surface area contributed by atoms with E-state index in [1.54, 1.807) is 0 Å². The smallest absolute Gasteiger partial charge is 0.158 e. The van der Waals surface area contributed by atoms with E-state index in [1.165, 1.54) is 11.3 Å². The summed E-state index contributed by atoms with van der Waals surface area (Å²) in [7, 11) is 0. The van der Waals surface area contributed by atoms with Crippen molar-refractivity contribution in [3.63, 3.8) is 0 Å². The number of nitrogens with zero attached hydrogens (tertiary/aromatic N) is 1. The Morgan fingerprint density at radius 2 is 1.93 bits per heavy atom. The molecule has 0 saturated carbocycles. The number of nitrogen functional groups attached to an aromatic ring is 1. The molecule has 0 aliphatic heterocycles. The van der Waals surface area contributed by atoms with E-state index in [9.17, 15) is 0 Å². The van der Waals surface area contributed by atoms with Crippen LogP contribution in [0.4, 0.5) is 0 Å². The second kappa shape index (κ2) is 5.04. The van der Waals surface area contributed by atoms with E-state index in [1.807, 2.05) is 35.7 Å². The SMILES string of the molecule is Br.N=C(N)c1nc(-c2ccccc2)cs1. The number of rotatable bonds is 2. The summed E-state index contributed by atoms with van der Waals surface area (Å²) in [6.45, 7) is 0. The molecule has 2 rings (SSSR count). The van der Waals surface area contributed by atoms with Crippen LogP contribution in [0.5, 0.6) is 0 Å². The number of thiazole rings is 1. The number of benzene rings is 1. The van der Waals surface area contributed by atoms with Gasteiger partial charge in [-0.05, 0) is 0 Å².